The van der Waals surface area contributed by atoms with E-state index < -0.39 is 4.92 Å². The Kier molecular flexibility index (Phi) is 4.65. The molecular formula is C10H16N4O3. The summed E-state index contributed by atoms with van der Waals surface area (Å²) in [5.41, 5.74) is 5.31. The second-order valence-electron chi connectivity index (χ2n) is 3.54. The number of hydrogen-bond acceptors (Lipinski definition) is 6. The number of nitro groups is 1. The van der Waals surface area contributed by atoms with E-state index in [4.69, 9.17) is 10.8 Å². The SMILES string of the molecule is CCCN(CCO)c1ccc([N+](=O)[O-])c(N)n1. The van der Waals surface area contributed by atoms with Crippen molar-refractivity contribution >= 4 is 17.3 Å². The van der Waals surface area contributed by atoms with Gasteiger partial charge in [0.15, 0.2) is 0 Å². The van der Waals surface area contributed by atoms with Crippen LogP contribution in [0.5, 0.6) is 0 Å². The summed E-state index contributed by atoms with van der Waals surface area (Å²) in [6.45, 7) is 3.14. The van der Waals surface area contributed by atoms with Crippen LogP contribution in [-0.2, 0) is 0 Å². The van der Waals surface area contributed by atoms with E-state index >= 15 is 0 Å². The van der Waals surface area contributed by atoms with Crippen molar-refractivity contribution in [2.24, 2.45) is 0 Å². The van der Waals surface area contributed by atoms with Crippen molar-refractivity contribution in [2.45, 2.75) is 13.3 Å². The third-order valence-corrected chi connectivity index (χ3v) is 2.27. The summed E-state index contributed by atoms with van der Waals surface area (Å²) in [5.74, 6) is 0.440. The molecule has 0 amide bonds. The molecule has 0 bridgehead atoms. The number of aliphatic hydroxyl groups excluding tert-OH is 1. The van der Waals surface area contributed by atoms with Crippen LogP contribution in [0.4, 0.5) is 17.3 Å². The minimum atomic E-state index is -0.567. The maximum absolute atomic E-state index is 10.6. The predicted molar refractivity (Wildman–Crippen MR) is 64.9 cm³/mol. The quantitative estimate of drug-likeness (QED) is 0.562. The average molecular weight is 240 g/mol. The molecule has 0 atom stereocenters. The second-order valence-corrected chi connectivity index (χ2v) is 3.54. The minimum Gasteiger partial charge on any atom is -0.395 e. The van der Waals surface area contributed by atoms with Gasteiger partial charge in [0, 0.05) is 19.2 Å². The number of hydrogen-bond donors (Lipinski definition) is 2. The van der Waals surface area contributed by atoms with Crippen molar-refractivity contribution in [2.75, 3.05) is 30.3 Å². The maximum Gasteiger partial charge on any atom is 0.311 e. The molecule has 0 spiro atoms. The molecule has 17 heavy (non-hydrogen) atoms. The number of nitrogens with two attached hydrogens (primary N) is 1. The number of aromatic nitrogens is 1. The van der Waals surface area contributed by atoms with E-state index in [1.165, 1.54) is 6.07 Å². The third kappa shape index (κ3) is 3.28. The van der Waals surface area contributed by atoms with Crippen LogP contribution in [0.2, 0.25) is 0 Å². The summed E-state index contributed by atoms with van der Waals surface area (Å²) >= 11 is 0. The van der Waals surface area contributed by atoms with E-state index in [0.29, 0.717) is 18.9 Å². The molecule has 1 aromatic heterocycles. The fourth-order valence-corrected chi connectivity index (χ4v) is 1.52. The number of aliphatic hydroxyl groups is 1. The van der Waals surface area contributed by atoms with Crippen LogP contribution in [0.15, 0.2) is 12.1 Å². The Balaban J connectivity index is 2.97. The van der Waals surface area contributed by atoms with Gasteiger partial charge in [-0.1, -0.05) is 6.92 Å². The van der Waals surface area contributed by atoms with E-state index in [-0.39, 0.29) is 18.1 Å². The topological polar surface area (TPSA) is 106 Å². The van der Waals surface area contributed by atoms with Crippen LogP contribution < -0.4 is 10.6 Å². The van der Waals surface area contributed by atoms with E-state index in [2.05, 4.69) is 4.98 Å². The maximum atomic E-state index is 10.6. The van der Waals surface area contributed by atoms with Gasteiger partial charge in [0.2, 0.25) is 5.82 Å². The third-order valence-electron chi connectivity index (χ3n) is 2.27. The standard InChI is InChI=1S/C10H16N4O3/c1-2-5-13(6-7-15)9-4-3-8(14(16)17)10(11)12-9/h3-4,15H,2,5-7H2,1H3,(H2,11,12). The lowest BCUT2D eigenvalue weighted by molar-refractivity contribution is -0.384. The summed E-state index contributed by atoms with van der Waals surface area (Å²) in [7, 11) is 0. The second kappa shape index (κ2) is 6.00. The van der Waals surface area contributed by atoms with Gasteiger partial charge in [-0.3, -0.25) is 10.1 Å². The highest BCUT2D eigenvalue weighted by atomic mass is 16.6. The first-order valence-corrected chi connectivity index (χ1v) is 5.36. The predicted octanol–water partition coefficient (Wildman–Crippen LogP) is 0.781. The lowest BCUT2D eigenvalue weighted by Crippen LogP contribution is -2.28. The Bertz CT molecular complexity index is 391. The molecule has 0 unspecified atom stereocenters. The van der Waals surface area contributed by atoms with Gasteiger partial charge < -0.3 is 15.7 Å². The van der Waals surface area contributed by atoms with Crippen molar-refractivity contribution in [3.8, 4) is 0 Å². The Hall–Kier alpha value is -1.89. The largest absolute Gasteiger partial charge is 0.395 e. The monoisotopic (exact) mass is 240 g/mol. The van der Waals surface area contributed by atoms with Gasteiger partial charge in [0.1, 0.15) is 5.82 Å². The summed E-state index contributed by atoms with van der Waals surface area (Å²) in [5, 5.41) is 19.5. The zero-order valence-electron chi connectivity index (χ0n) is 9.67. The molecule has 3 N–H and O–H groups in total. The van der Waals surface area contributed by atoms with Gasteiger partial charge >= 0.3 is 5.69 Å². The van der Waals surface area contributed by atoms with Crippen LogP contribution in [0, 0.1) is 10.1 Å². The summed E-state index contributed by atoms with van der Waals surface area (Å²) in [6, 6.07) is 2.87. The first kappa shape index (κ1) is 13.2. The number of anilines is 2. The normalized spacial score (nSPS) is 10.2. The highest BCUT2D eigenvalue weighted by Gasteiger charge is 2.15. The first-order chi connectivity index (χ1) is 8.10. The molecule has 1 rings (SSSR count). The molecule has 0 saturated carbocycles. The molecule has 0 fully saturated rings. The van der Waals surface area contributed by atoms with E-state index in [1.54, 1.807) is 6.07 Å². The zero-order chi connectivity index (χ0) is 12.8. The summed E-state index contributed by atoms with van der Waals surface area (Å²) in [4.78, 5) is 15.8. The number of pyridine rings is 1. The van der Waals surface area contributed by atoms with Gasteiger partial charge in [-0.25, -0.2) is 4.98 Å². The van der Waals surface area contributed by atoms with Crippen LogP contribution in [0.25, 0.3) is 0 Å². The minimum absolute atomic E-state index is 0.00142. The van der Waals surface area contributed by atoms with Crippen molar-refractivity contribution in [1.82, 2.24) is 4.98 Å². The number of nitrogens with zero attached hydrogens (tertiary/aromatic N) is 3. The lowest BCUT2D eigenvalue weighted by Gasteiger charge is -2.22. The molecule has 0 aliphatic carbocycles. The Morgan fingerprint density at radius 2 is 2.24 bits per heavy atom. The van der Waals surface area contributed by atoms with Crippen molar-refractivity contribution in [3.63, 3.8) is 0 Å². The van der Waals surface area contributed by atoms with Crippen LogP contribution in [0.3, 0.4) is 0 Å². The van der Waals surface area contributed by atoms with Crippen molar-refractivity contribution in [1.29, 1.82) is 0 Å². The fourth-order valence-electron chi connectivity index (χ4n) is 1.52. The molecule has 0 aliphatic rings. The zero-order valence-corrected chi connectivity index (χ0v) is 9.67. The molecule has 0 aromatic carbocycles. The molecule has 7 heteroatoms. The van der Waals surface area contributed by atoms with Gasteiger partial charge in [-0.2, -0.15) is 0 Å². The highest BCUT2D eigenvalue weighted by Crippen LogP contribution is 2.22. The summed E-state index contributed by atoms with van der Waals surface area (Å²) in [6.07, 6.45) is 0.887. The average Bonchev–Trinajstić information content (AvgIpc) is 2.28. The van der Waals surface area contributed by atoms with E-state index in [9.17, 15) is 10.1 Å². The molecule has 0 aliphatic heterocycles. The van der Waals surface area contributed by atoms with Crippen LogP contribution in [-0.4, -0.2) is 34.7 Å². The fraction of sp³-hybridized carbons (Fsp3) is 0.500. The van der Waals surface area contributed by atoms with E-state index in [0.717, 1.165) is 6.42 Å². The lowest BCUT2D eigenvalue weighted by atomic mass is 10.3. The van der Waals surface area contributed by atoms with Crippen molar-refractivity contribution in [3.05, 3.63) is 22.2 Å². The first-order valence-electron chi connectivity index (χ1n) is 5.36. The molecule has 7 nitrogen and oxygen atoms in total. The van der Waals surface area contributed by atoms with Gasteiger partial charge in [-0.05, 0) is 12.5 Å². The Morgan fingerprint density at radius 1 is 1.53 bits per heavy atom. The van der Waals surface area contributed by atoms with Crippen LogP contribution >= 0.6 is 0 Å². The smallest absolute Gasteiger partial charge is 0.311 e. The number of nitrogen functional groups attached to an aromatic ring is 1. The molecule has 1 aromatic rings. The molecular weight excluding hydrogens is 224 g/mol. The van der Waals surface area contributed by atoms with Gasteiger partial charge in [0.25, 0.3) is 0 Å². The van der Waals surface area contributed by atoms with Crippen molar-refractivity contribution < 1.29 is 10.0 Å². The molecule has 1 heterocycles. The molecule has 0 radical (unpaired) electrons. The van der Waals surface area contributed by atoms with Gasteiger partial charge in [-0.15, -0.1) is 0 Å². The number of rotatable bonds is 6. The summed E-state index contributed by atoms with van der Waals surface area (Å²) < 4.78 is 0. The highest BCUT2D eigenvalue weighted by molar-refractivity contribution is 5.57. The van der Waals surface area contributed by atoms with Crippen LogP contribution in [0.1, 0.15) is 13.3 Å². The van der Waals surface area contributed by atoms with Gasteiger partial charge in [0.05, 0.1) is 11.5 Å². The Labute approximate surface area is 99.0 Å². The van der Waals surface area contributed by atoms with E-state index in [1.807, 2.05) is 11.8 Å². The molecule has 94 valence electrons. The Morgan fingerprint density at radius 3 is 2.71 bits per heavy atom. The molecule has 0 saturated heterocycles.